The third-order valence-corrected chi connectivity index (χ3v) is 26.2. The molecule has 0 aliphatic carbocycles. The Kier molecular flexibility index (Phi) is 33.2. The van der Waals surface area contributed by atoms with Gasteiger partial charge in [0.15, 0.2) is 6.61 Å². The standard InChI is InChI=1S/C30H28ClN5O3.C28H31ClN4O3.C25H24Cl2N2O3.C24H24Cl2N2O3/c1-20-3-8-24(9-4-20)39-30(37)36-15-13-25-26-17-22(31)7-12-27(26)34-28(25)29(36)21-5-10-23(11-6-21)38-16-2-14-35-19-32-18-33-35;1-3-19(2)36-28(34)33-14-11-23-24-17-21(29)7-10-25(24)31-26(23)27(33)20-5-8-22(9-6-20)35-16-4-13-32-15-12-30-18-32;1-2-3-14-32-25(30)29-13-11-20-21-16-18(27)7-10-22(21)28-23(20)24(29)17-5-8-19(9-6-17)31-15-4-12-26;1-2-13-31-24(29)28-12-10-19-20-15-17(26)6-9-21(20)27-22(19)23(28)16-4-7-18(8-5-16)30-14-3-11-25/h3-12,17-19,29,34H,2,13-16H2,1H3;5-10,12,15,17-19,27,31H,3-4,11,13-14,16H2,1-2H3;5-10,16,24,28H,4,11-15H2,1H3;2,4-9,15,23,27H,1,3,10-14H2. The number of aromatic amines is 4. The highest BCUT2D eigenvalue weighted by molar-refractivity contribution is 6.32. The summed E-state index contributed by atoms with van der Waals surface area (Å²) in [5.41, 5.74) is 17.7. The fraction of sp³-hybridized carbons (Fsp3) is 0.299. The van der Waals surface area contributed by atoms with Crippen LogP contribution in [-0.4, -0.2) is 172 Å². The number of alkyl halides is 2. The van der Waals surface area contributed by atoms with Gasteiger partial charge in [0.2, 0.25) is 0 Å². The summed E-state index contributed by atoms with van der Waals surface area (Å²) in [5, 5.41) is 11.3. The topological polar surface area (TPSA) is 267 Å². The Morgan fingerprint density at radius 2 is 0.833 bits per heavy atom. The van der Waals surface area contributed by atoms with Gasteiger partial charge >= 0.3 is 24.4 Å². The van der Waals surface area contributed by atoms with Crippen molar-refractivity contribution in [2.45, 2.75) is 129 Å². The highest BCUT2D eigenvalue weighted by Crippen LogP contribution is 2.46. The summed E-state index contributed by atoms with van der Waals surface area (Å²) >= 11 is 36.6. The average Bonchev–Trinajstić information content (AvgIpc) is 1.61. The Labute approximate surface area is 830 Å². The fourth-order valence-corrected chi connectivity index (χ4v) is 18.8. The van der Waals surface area contributed by atoms with Crippen molar-refractivity contribution in [3.63, 3.8) is 0 Å². The monoisotopic (exact) mass is 1980 g/mol. The molecular formula is C107H107Cl6N13O12. The second-order valence-electron chi connectivity index (χ2n) is 33.8. The number of hydrogen-bond donors (Lipinski definition) is 4. The number of carbonyl (C=O) groups excluding carboxylic acids is 4. The van der Waals surface area contributed by atoms with Gasteiger partial charge in [-0.1, -0.05) is 138 Å². The molecule has 4 aliphatic rings. The SMILES string of the molecule is C=CCOC(=O)N1CCc2c([nH]c3ccc(Cl)cc23)C1c1ccc(OCCCCl)cc1.CC#CCOC(=O)N1CCc2c([nH]c3ccc(Cl)cc23)C1c1ccc(OCCCCl)cc1.CCC(C)OC(=O)N1CCc2c([nH]c3ccc(Cl)cc23)C1c1ccc(OCCCn2ccnc2)cc1.Cc1ccc(OC(=O)N2CCc3c([nH]c4ccc(Cl)cc34)C2c2ccc(OCCCn3cncn3)cc2)cc1. The Morgan fingerprint density at radius 3 is 1.19 bits per heavy atom. The maximum atomic E-state index is 13.5. The van der Waals surface area contributed by atoms with Gasteiger partial charge in [0.1, 0.15) is 78.3 Å². The molecule has 0 spiro atoms. The van der Waals surface area contributed by atoms with Gasteiger partial charge in [-0.25, -0.2) is 29.1 Å². The number of halogens is 6. The van der Waals surface area contributed by atoms with E-state index in [1.807, 2.05) is 237 Å². The average molecular weight is 1980 g/mol. The van der Waals surface area contributed by atoms with Gasteiger partial charge < -0.3 is 62.4 Å². The minimum Gasteiger partial charge on any atom is -0.494 e. The first-order valence-corrected chi connectivity index (χ1v) is 48.8. The van der Waals surface area contributed by atoms with Crippen molar-refractivity contribution in [3.8, 4) is 40.6 Å². The predicted octanol–water partition coefficient (Wildman–Crippen LogP) is 24.7. The highest BCUT2D eigenvalue weighted by atomic mass is 35.5. The molecular weight excluding hydrogens is 1870 g/mol. The second kappa shape index (κ2) is 46.8. The van der Waals surface area contributed by atoms with Crippen LogP contribution in [0.25, 0.3) is 43.6 Å². The molecule has 0 fully saturated rings. The molecule has 0 bridgehead atoms. The Balaban J connectivity index is 0.000000134. The molecule has 19 rings (SSSR count). The number of benzene rings is 9. The molecule has 0 radical (unpaired) electrons. The summed E-state index contributed by atoms with van der Waals surface area (Å²) in [6.45, 7) is 17.6. The molecule has 31 heteroatoms. The van der Waals surface area contributed by atoms with Crippen molar-refractivity contribution in [1.82, 2.24) is 63.9 Å². The first kappa shape index (κ1) is 97.9. The number of amides is 4. The summed E-state index contributed by atoms with van der Waals surface area (Å²) in [4.78, 5) is 81.8. The van der Waals surface area contributed by atoms with Gasteiger partial charge in [0.25, 0.3) is 0 Å². The van der Waals surface area contributed by atoms with E-state index in [9.17, 15) is 19.2 Å². The lowest BCUT2D eigenvalue weighted by molar-refractivity contribution is 0.0578. The van der Waals surface area contributed by atoms with E-state index in [1.165, 1.54) is 28.6 Å². The summed E-state index contributed by atoms with van der Waals surface area (Å²) in [5.74, 6) is 10.3. The minimum atomic E-state index is -0.389. The third-order valence-electron chi connectivity index (χ3n) is 24.7. The maximum absolute atomic E-state index is 13.5. The molecule has 6 aromatic heterocycles. The number of hydrogen-bond acceptors (Lipinski definition) is 15. The summed E-state index contributed by atoms with van der Waals surface area (Å²) in [6, 6.07) is 61.1. The summed E-state index contributed by atoms with van der Waals surface area (Å²) in [7, 11) is 0. The van der Waals surface area contributed by atoms with E-state index in [0.717, 1.165) is 175 Å². The van der Waals surface area contributed by atoms with Crippen LogP contribution in [0.4, 0.5) is 19.2 Å². The molecule has 9 aromatic carbocycles. The number of aryl methyl sites for hydroxylation is 3. The highest BCUT2D eigenvalue weighted by Gasteiger charge is 2.41. The van der Waals surface area contributed by atoms with Crippen LogP contribution in [0.5, 0.6) is 28.7 Å². The Morgan fingerprint density at radius 1 is 0.464 bits per heavy atom. The van der Waals surface area contributed by atoms with Crippen molar-refractivity contribution < 1.29 is 57.1 Å². The molecule has 10 heterocycles. The van der Waals surface area contributed by atoms with Gasteiger partial charge in [0.05, 0.1) is 32.8 Å². The molecule has 0 saturated heterocycles. The summed E-state index contributed by atoms with van der Waals surface area (Å²) in [6.07, 6.45) is 15.6. The van der Waals surface area contributed by atoms with E-state index in [1.54, 1.807) is 44.9 Å². The van der Waals surface area contributed by atoms with Crippen LogP contribution in [0, 0.1) is 18.8 Å². The molecule has 4 N–H and O–H groups in total. The van der Waals surface area contributed by atoms with E-state index in [-0.39, 0.29) is 67.9 Å². The van der Waals surface area contributed by atoms with Gasteiger partial charge in [-0.05, 0) is 250 Å². The number of rotatable bonds is 28. The van der Waals surface area contributed by atoms with Gasteiger partial charge in [-0.15, -0.1) is 29.1 Å². The van der Waals surface area contributed by atoms with E-state index in [2.05, 4.69) is 53.4 Å². The third kappa shape index (κ3) is 23.6. The number of ether oxygens (including phenoxy) is 8. The van der Waals surface area contributed by atoms with Crippen LogP contribution in [0.3, 0.4) is 0 Å². The Hall–Kier alpha value is -13.2. The number of nitrogens with one attached hydrogen (secondary N) is 4. The number of fused-ring (bicyclic) bond motifs is 12. The molecule has 5 atom stereocenters. The maximum Gasteiger partial charge on any atom is 0.416 e. The molecule has 138 heavy (non-hydrogen) atoms. The van der Waals surface area contributed by atoms with Crippen LogP contribution in [0.15, 0.2) is 238 Å². The first-order valence-electron chi connectivity index (χ1n) is 46.2. The number of aromatic nitrogens is 9. The molecule has 4 amide bonds. The van der Waals surface area contributed by atoms with Crippen LogP contribution in [-0.2, 0) is 53.0 Å². The number of nitrogens with zero attached hydrogens (tertiary/aromatic N) is 9. The molecule has 4 aliphatic heterocycles. The van der Waals surface area contributed by atoms with Gasteiger partial charge in [-0.2, -0.15) is 5.10 Å². The van der Waals surface area contributed by atoms with Crippen LogP contribution >= 0.6 is 69.6 Å². The summed E-state index contributed by atoms with van der Waals surface area (Å²) < 4.78 is 49.5. The van der Waals surface area contributed by atoms with E-state index in [0.29, 0.717) is 103 Å². The Bertz CT molecular complexity index is 6740. The van der Waals surface area contributed by atoms with E-state index < -0.39 is 0 Å². The van der Waals surface area contributed by atoms with Gasteiger partial charge in [-0.3, -0.25) is 24.3 Å². The first-order chi connectivity index (χ1) is 67.3. The van der Waals surface area contributed by atoms with Crippen molar-refractivity contribution in [2.75, 3.05) is 77.6 Å². The zero-order valence-electron chi connectivity index (χ0n) is 77.0. The molecule has 25 nitrogen and oxygen atoms in total. The second-order valence-corrected chi connectivity index (χ2v) is 36.3. The number of imidazole rings is 1. The quantitative estimate of drug-likeness (QED) is 0.0117. The van der Waals surface area contributed by atoms with Crippen molar-refractivity contribution in [1.29, 1.82) is 0 Å². The molecule has 714 valence electrons. The largest absolute Gasteiger partial charge is 0.494 e. The fourth-order valence-electron chi connectivity index (χ4n) is 17.9. The van der Waals surface area contributed by atoms with Crippen LogP contribution in [0.2, 0.25) is 20.1 Å². The zero-order chi connectivity index (χ0) is 96.1. The minimum absolute atomic E-state index is 0.0705. The van der Waals surface area contributed by atoms with Crippen LogP contribution in [0.1, 0.15) is 150 Å². The number of H-pyrrole nitrogens is 4. The van der Waals surface area contributed by atoms with E-state index in [4.69, 9.17) is 108 Å². The zero-order valence-corrected chi connectivity index (χ0v) is 81.5. The predicted molar refractivity (Wildman–Crippen MR) is 542 cm³/mol. The number of carbonyl (C=O) groups is 4. The molecule has 15 aromatic rings. The lowest BCUT2D eigenvalue weighted by atomic mass is 9.92. The lowest BCUT2D eigenvalue weighted by Gasteiger charge is -2.36. The molecule has 5 unspecified atom stereocenters. The molecule has 0 saturated carbocycles. The van der Waals surface area contributed by atoms with Crippen molar-refractivity contribution in [2.24, 2.45) is 0 Å². The van der Waals surface area contributed by atoms with Gasteiger partial charge in [0, 0.05) is 156 Å². The normalized spacial score (nSPS) is 15.4. The smallest absolute Gasteiger partial charge is 0.416 e. The van der Waals surface area contributed by atoms with Crippen molar-refractivity contribution in [3.05, 3.63) is 331 Å². The van der Waals surface area contributed by atoms with Crippen LogP contribution < -0.4 is 23.7 Å². The van der Waals surface area contributed by atoms with Crippen molar-refractivity contribution >= 4 is 138 Å². The lowest BCUT2D eigenvalue weighted by Crippen LogP contribution is -2.42. The van der Waals surface area contributed by atoms with E-state index >= 15 is 0 Å².